The number of hydrogen-bond donors (Lipinski definition) is 1. The van der Waals surface area contributed by atoms with Crippen LogP contribution in [-0.4, -0.2) is 20.2 Å². The largest absolute Gasteiger partial charge is 0.495 e. The van der Waals surface area contributed by atoms with Crippen LogP contribution in [0, 0.1) is 11.3 Å². The number of nitrogens with two attached hydrogens (primary N) is 1. The summed E-state index contributed by atoms with van der Waals surface area (Å²) in [5, 5.41) is 9.08. The van der Waals surface area contributed by atoms with E-state index in [-0.39, 0.29) is 18.9 Å². The molecule has 0 amide bonds. The minimum atomic E-state index is -0.382. The highest BCUT2D eigenvalue weighted by Gasteiger charge is 2.15. The summed E-state index contributed by atoms with van der Waals surface area (Å²) >= 11 is 0. The van der Waals surface area contributed by atoms with Gasteiger partial charge in [0.2, 0.25) is 0 Å². The number of ether oxygens (including phenoxy) is 2. The van der Waals surface area contributed by atoms with Gasteiger partial charge in [-0.3, -0.25) is 4.79 Å². The van der Waals surface area contributed by atoms with Gasteiger partial charge in [-0.1, -0.05) is 12.1 Å². The van der Waals surface area contributed by atoms with Crippen LogP contribution in [0.15, 0.2) is 12.1 Å². The van der Waals surface area contributed by atoms with Crippen LogP contribution < -0.4 is 10.5 Å². The minimum Gasteiger partial charge on any atom is -0.495 e. The van der Waals surface area contributed by atoms with Crippen LogP contribution in [0.2, 0.25) is 0 Å². The van der Waals surface area contributed by atoms with Gasteiger partial charge >= 0.3 is 5.97 Å². The van der Waals surface area contributed by atoms with E-state index >= 15 is 0 Å². The molecule has 2 N–H and O–H groups in total. The maximum Gasteiger partial charge on any atom is 0.310 e. The van der Waals surface area contributed by atoms with Crippen molar-refractivity contribution in [2.75, 3.05) is 14.2 Å². The number of carbonyl (C=O) groups excluding carboxylic acids is 1. The van der Waals surface area contributed by atoms with Gasteiger partial charge in [-0.25, -0.2) is 0 Å². The molecule has 0 atom stereocenters. The number of rotatable bonds is 4. The van der Waals surface area contributed by atoms with Crippen molar-refractivity contribution in [2.24, 2.45) is 5.73 Å². The van der Waals surface area contributed by atoms with Gasteiger partial charge in [0.1, 0.15) is 11.8 Å². The second kappa shape index (κ2) is 5.87. The van der Waals surface area contributed by atoms with Gasteiger partial charge in [0.05, 0.1) is 26.2 Å². The Morgan fingerprint density at radius 1 is 1.41 bits per heavy atom. The average Bonchev–Trinajstić information content (AvgIpc) is 2.37. The van der Waals surface area contributed by atoms with Gasteiger partial charge < -0.3 is 15.2 Å². The van der Waals surface area contributed by atoms with Crippen molar-refractivity contribution < 1.29 is 14.3 Å². The lowest BCUT2D eigenvalue weighted by Gasteiger charge is -2.12. The molecule has 0 radical (unpaired) electrons. The smallest absolute Gasteiger partial charge is 0.310 e. The van der Waals surface area contributed by atoms with E-state index in [1.165, 1.54) is 14.2 Å². The third-order valence-electron chi connectivity index (χ3n) is 2.42. The molecule has 0 aromatic heterocycles. The van der Waals surface area contributed by atoms with Crippen LogP contribution in [0.5, 0.6) is 5.75 Å². The van der Waals surface area contributed by atoms with Gasteiger partial charge in [0.15, 0.2) is 0 Å². The van der Waals surface area contributed by atoms with E-state index in [0.29, 0.717) is 22.4 Å². The molecule has 1 rings (SSSR count). The third kappa shape index (κ3) is 2.74. The summed E-state index contributed by atoms with van der Waals surface area (Å²) in [6.07, 6.45) is 0.0687. The molecule has 5 heteroatoms. The molecule has 0 bridgehead atoms. The molecule has 1 aromatic rings. The Labute approximate surface area is 99.7 Å². The van der Waals surface area contributed by atoms with Crippen molar-refractivity contribution >= 4 is 5.97 Å². The lowest BCUT2D eigenvalue weighted by Crippen LogP contribution is -2.09. The summed E-state index contributed by atoms with van der Waals surface area (Å²) in [5.41, 5.74) is 7.21. The van der Waals surface area contributed by atoms with E-state index in [1.54, 1.807) is 12.1 Å². The molecule has 0 fully saturated rings. The molecular weight excluding hydrogens is 220 g/mol. The first-order valence-corrected chi connectivity index (χ1v) is 5.03. The molecule has 0 spiro atoms. The van der Waals surface area contributed by atoms with E-state index in [4.69, 9.17) is 15.7 Å². The Balaban J connectivity index is 3.24. The van der Waals surface area contributed by atoms with E-state index < -0.39 is 0 Å². The first-order valence-electron chi connectivity index (χ1n) is 5.03. The molecule has 0 heterocycles. The van der Waals surface area contributed by atoms with Crippen molar-refractivity contribution in [2.45, 2.75) is 13.0 Å². The molecule has 0 unspecified atom stereocenters. The maximum atomic E-state index is 11.2. The summed E-state index contributed by atoms with van der Waals surface area (Å²) < 4.78 is 9.75. The topological polar surface area (TPSA) is 85.3 Å². The van der Waals surface area contributed by atoms with Crippen LogP contribution in [0.4, 0.5) is 0 Å². The summed E-state index contributed by atoms with van der Waals surface area (Å²) in [4.78, 5) is 11.2. The number of carbonyl (C=O) groups is 1. The zero-order valence-electron chi connectivity index (χ0n) is 9.82. The van der Waals surface area contributed by atoms with Crippen LogP contribution in [-0.2, 0) is 22.5 Å². The summed E-state index contributed by atoms with van der Waals surface area (Å²) in [7, 11) is 2.77. The first kappa shape index (κ1) is 13.0. The first-order chi connectivity index (χ1) is 8.17. The molecule has 0 saturated carbocycles. The van der Waals surface area contributed by atoms with Crippen molar-refractivity contribution in [3.63, 3.8) is 0 Å². The second-order valence-corrected chi connectivity index (χ2v) is 3.36. The van der Waals surface area contributed by atoms with Crippen molar-refractivity contribution in [3.8, 4) is 11.8 Å². The average molecular weight is 234 g/mol. The van der Waals surface area contributed by atoms with Crippen molar-refractivity contribution in [1.29, 1.82) is 5.26 Å². The SMILES string of the molecule is COC(=O)Cc1ccc(CN)c(C#N)c1OC. The molecule has 0 aliphatic carbocycles. The molecule has 5 nitrogen and oxygen atoms in total. The minimum absolute atomic E-state index is 0.0687. The maximum absolute atomic E-state index is 11.2. The summed E-state index contributed by atoms with van der Waals surface area (Å²) in [6, 6.07) is 5.48. The van der Waals surface area contributed by atoms with Crippen molar-refractivity contribution in [1.82, 2.24) is 0 Å². The number of benzene rings is 1. The Bertz CT molecular complexity index is 464. The lowest BCUT2D eigenvalue weighted by atomic mass is 10.0. The fraction of sp³-hybridized carbons (Fsp3) is 0.333. The molecular formula is C12H14N2O3. The Kier molecular flexibility index (Phi) is 4.49. The normalized spacial score (nSPS) is 9.53. The number of nitriles is 1. The molecule has 0 aliphatic heterocycles. The van der Waals surface area contributed by atoms with Gasteiger partial charge in [-0.2, -0.15) is 5.26 Å². The van der Waals surface area contributed by atoms with Crippen LogP contribution in [0.25, 0.3) is 0 Å². The zero-order chi connectivity index (χ0) is 12.8. The fourth-order valence-electron chi connectivity index (χ4n) is 1.56. The van der Waals surface area contributed by atoms with E-state index in [0.717, 1.165) is 0 Å². The number of esters is 1. The summed E-state index contributed by atoms with van der Waals surface area (Å²) in [6.45, 7) is 0.248. The van der Waals surface area contributed by atoms with Gasteiger partial charge in [0, 0.05) is 12.1 Å². The highest BCUT2D eigenvalue weighted by molar-refractivity contribution is 5.74. The van der Waals surface area contributed by atoms with E-state index in [9.17, 15) is 4.79 Å². The number of hydrogen-bond acceptors (Lipinski definition) is 5. The zero-order valence-corrected chi connectivity index (χ0v) is 9.82. The van der Waals surface area contributed by atoms with Crippen molar-refractivity contribution in [3.05, 3.63) is 28.8 Å². The lowest BCUT2D eigenvalue weighted by molar-refractivity contribution is -0.139. The van der Waals surface area contributed by atoms with Crippen LogP contribution in [0.1, 0.15) is 16.7 Å². The van der Waals surface area contributed by atoms with Gasteiger partial charge in [0.25, 0.3) is 0 Å². The molecule has 90 valence electrons. The monoisotopic (exact) mass is 234 g/mol. The van der Waals surface area contributed by atoms with E-state index in [2.05, 4.69) is 4.74 Å². The molecule has 0 saturated heterocycles. The standard InChI is InChI=1S/C12H14N2O3/c1-16-11(15)5-8-3-4-9(6-13)10(7-14)12(8)17-2/h3-4H,5-6,13H2,1-2H3. The third-order valence-corrected chi connectivity index (χ3v) is 2.42. The molecule has 1 aromatic carbocycles. The Hall–Kier alpha value is -2.06. The fourth-order valence-corrected chi connectivity index (χ4v) is 1.56. The van der Waals surface area contributed by atoms with Crippen LogP contribution in [0.3, 0.4) is 0 Å². The Morgan fingerprint density at radius 3 is 2.53 bits per heavy atom. The number of nitrogens with zero attached hydrogens (tertiary/aromatic N) is 1. The van der Waals surface area contributed by atoms with Gasteiger partial charge in [-0.05, 0) is 5.56 Å². The predicted octanol–water partition coefficient (Wildman–Crippen LogP) is 0.741. The molecule has 0 aliphatic rings. The highest BCUT2D eigenvalue weighted by Crippen LogP contribution is 2.27. The van der Waals surface area contributed by atoms with Crippen LogP contribution >= 0.6 is 0 Å². The van der Waals surface area contributed by atoms with E-state index in [1.807, 2.05) is 6.07 Å². The predicted molar refractivity (Wildman–Crippen MR) is 61.3 cm³/mol. The number of methoxy groups -OCH3 is 2. The highest BCUT2D eigenvalue weighted by atomic mass is 16.5. The second-order valence-electron chi connectivity index (χ2n) is 3.36. The van der Waals surface area contributed by atoms with Gasteiger partial charge in [-0.15, -0.1) is 0 Å². The summed E-state index contributed by atoms with van der Waals surface area (Å²) in [5.74, 6) is 0.00791. The quantitative estimate of drug-likeness (QED) is 0.776. The molecule has 17 heavy (non-hydrogen) atoms. The Morgan fingerprint density at radius 2 is 2.06 bits per heavy atom.